The van der Waals surface area contributed by atoms with Gasteiger partial charge in [-0.15, -0.1) is 0 Å². The Balaban J connectivity index is 1.72. The summed E-state index contributed by atoms with van der Waals surface area (Å²) in [6.45, 7) is 6.28. The van der Waals surface area contributed by atoms with Crippen molar-refractivity contribution in [3.63, 3.8) is 0 Å². The van der Waals surface area contributed by atoms with Crippen LogP contribution in [0.5, 0.6) is 0 Å². The zero-order valence-corrected chi connectivity index (χ0v) is 12.8. The number of hydrogen-bond donors (Lipinski definition) is 1. The number of nitrogens with zero attached hydrogens (tertiary/aromatic N) is 4. The van der Waals surface area contributed by atoms with E-state index in [4.69, 9.17) is 11.6 Å². The van der Waals surface area contributed by atoms with Crippen molar-refractivity contribution in [3.05, 3.63) is 29.4 Å². The van der Waals surface area contributed by atoms with E-state index in [0.29, 0.717) is 5.02 Å². The van der Waals surface area contributed by atoms with Crippen molar-refractivity contribution in [2.45, 2.75) is 13.0 Å². The van der Waals surface area contributed by atoms with Gasteiger partial charge in [-0.05, 0) is 25.1 Å². The van der Waals surface area contributed by atoms with Gasteiger partial charge >= 0.3 is 0 Å². The van der Waals surface area contributed by atoms with Gasteiger partial charge in [-0.25, -0.2) is 9.97 Å². The fourth-order valence-electron chi connectivity index (χ4n) is 2.68. The Bertz CT molecular complexity index is 626. The average molecular weight is 307 g/mol. The van der Waals surface area contributed by atoms with E-state index >= 15 is 0 Å². The Morgan fingerprint density at radius 2 is 2.05 bits per heavy atom. The highest BCUT2D eigenvalue weighted by Crippen LogP contribution is 2.20. The maximum absolute atomic E-state index is 9.44. The van der Waals surface area contributed by atoms with Crippen LogP contribution in [0, 0.1) is 0 Å². The summed E-state index contributed by atoms with van der Waals surface area (Å²) in [6, 6.07) is 5.91. The van der Waals surface area contributed by atoms with Gasteiger partial charge in [0.15, 0.2) is 5.65 Å². The Hall–Kier alpha value is -1.43. The molecule has 0 aliphatic carbocycles. The molecule has 0 spiro atoms. The van der Waals surface area contributed by atoms with Gasteiger partial charge in [-0.2, -0.15) is 0 Å². The molecule has 1 atom stereocenters. The van der Waals surface area contributed by atoms with Crippen LogP contribution in [-0.4, -0.2) is 58.8 Å². The molecule has 21 heavy (non-hydrogen) atoms. The van der Waals surface area contributed by atoms with Gasteiger partial charge in [0.2, 0.25) is 0 Å². The van der Waals surface area contributed by atoms with Gasteiger partial charge in [-0.1, -0.05) is 11.6 Å². The molecular weight excluding hydrogens is 288 g/mol. The predicted molar refractivity (Wildman–Crippen MR) is 84.9 cm³/mol. The van der Waals surface area contributed by atoms with Crippen molar-refractivity contribution in [2.24, 2.45) is 0 Å². The van der Waals surface area contributed by atoms with Crippen molar-refractivity contribution in [1.82, 2.24) is 14.9 Å². The van der Waals surface area contributed by atoms with Crippen LogP contribution in [0.2, 0.25) is 5.02 Å². The molecule has 0 bridgehead atoms. The lowest BCUT2D eigenvalue weighted by Gasteiger charge is -2.35. The van der Waals surface area contributed by atoms with Crippen molar-refractivity contribution < 1.29 is 5.11 Å². The molecule has 2 aromatic rings. The molecule has 1 aliphatic rings. The molecule has 6 heteroatoms. The van der Waals surface area contributed by atoms with E-state index in [9.17, 15) is 5.11 Å². The van der Waals surface area contributed by atoms with Crippen molar-refractivity contribution in [2.75, 3.05) is 37.6 Å². The van der Waals surface area contributed by atoms with Crippen LogP contribution < -0.4 is 4.90 Å². The molecule has 3 rings (SSSR count). The Kier molecular flexibility index (Phi) is 4.24. The summed E-state index contributed by atoms with van der Waals surface area (Å²) in [5.41, 5.74) is 0.725. The molecule has 1 fully saturated rings. The summed E-state index contributed by atoms with van der Waals surface area (Å²) in [4.78, 5) is 13.4. The molecule has 112 valence electrons. The van der Waals surface area contributed by atoms with Crippen molar-refractivity contribution in [3.8, 4) is 0 Å². The Labute approximate surface area is 129 Å². The van der Waals surface area contributed by atoms with Gasteiger partial charge in [0.05, 0.1) is 11.1 Å². The molecule has 0 saturated carbocycles. The topological polar surface area (TPSA) is 52.5 Å². The minimum Gasteiger partial charge on any atom is -0.392 e. The van der Waals surface area contributed by atoms with E-state index < -0.39 is 0 Å². The number of aliphatic hydroxyl groups excluding tert-OH is 1. The number of β-amino-alcohol motifs (C(OH)–C–C–N with tert-alkyl or cyclic N) is 1. The second-order valence-corrected chi connectivity index (χ2v) is 5.94. The smallest absolute Gasteiger partial charge is 0.161 e. The van der Waals surface area contributed by atoms with E-state index in [-0.39, 0.29) is 6.10 Å². The maximum atomic E-state index is 9.44. The number of halogens is 1. The van der Waals surface area contributed by atoms with Gasteiger partial charge in [0.1, 0.15) is 5.82 Å². The van der Waals surface area contributed by atoms with Gasteiger partial charge in [0, 0.05) is 44.3 Å². The lowest BCUT2D eigenvalue weighted by atomic mass is 10.2. The van der Waals surface area contributed by atoms with Crippen molar-refractivity contribution in [1.29, 1.82) is 0 Å². The second kappa shape index (κ2) is 6.13. The first-order chi connectivity index (χ1) is 10.1. The van der Waals surface area contributed by atoms with Crippen LogP contribution in [0.25, 0.3) is 11.0 Å². The number of anilines is 1. The number of fused-ring (bicyclic) bond motifs is 1. The fourth-order valence-corrected chi connectivity index (χ4v) is 2.85. The zero-order valence-electron chi connectivity index (χ0n) is 12.0. The lowest BCUT2D eigenvalue weighted by molar-refractivity contribution is 0.122. The second-order valence-electron chi connectivity index (χ2n) is 5.51. The SMILES string of the molecule is C[C@H](O)CN1CCN(c2ccc3cc(Cl)cnc3n2)CC1. The number of pyridine rings is 2. The first-order valence-electron chi connectivity index (χ1n) is 7.19. The molecule has 1 N–H and O–H groups in total. The minimum absolute atomic E-state index is 0.274. The first kappa shape index (κ1) is 14.5. The molecule has 0 radical (unpaired) electrons. The summed E-state index contributed by atoms with van der Waals surface area (Å²) in [5, 5.41) is 11.0. The quantitative estimate of drug-likeness (QED) is 0.937. The summed E-state index contributed by atoms with van der Waals surface area (Å²) in [5.74, 6) is 0.953. The third-order valence-electron chi connectivity index (χ3n) is 3.71. The third-order valence-corrected chi connectivity index (χ3v) is 3.92. The van der Waals surface area contributed by atoms with Crippen LogP contribution >= 0.6 is 11.6 Å². The predicted octanol–water partition coefficient (Wildman–Crippen LogP) is 1.79. The third kappa shape index (κ3) is 3.43. The highest BCUT2D eigenvalue weighted by atomic mass is 35.5. The van der Waals surface area contributed by atoms with Gasteiger partial charge in [0.25, 0.3) is 0 Å². The summed E-state index contributed by atoms with van der Waals surface area (Å²) < 4.78 is 0. The van der Waals surface area contributed by atoms with E-state index in [0.717, 1.165) is 49.6 Å². The molecule has 2 aromatic heterocycles. The number of aliphatic hydroxyl groups is 1. The molecule has 0 amide bonds. The van der Waals surface area contributed by atoms with Crippen molar-refractivity contribution >= 4 is 28.5 Å². The monoisotopic (exact) mass is 306 g/mol. The maximum Gasteiger partial charge on any atom is 0.161 e. The van der Waals surface area contributed by atoms with Gasteiger partial charge in [-0.3, -0.25) is 4.90 Å². The van der Waals surface area contributed by atoms with E-state index in [1.807, 2.05) is 25.1 Å². The summed E-state index contributed by atoms with van der Waals surface area (Å²) >= 11 is 5.94. The van der Waals surface area contributed by atoms with Crippen LogP contribution in [0.3, 0.4) is 0 Å². The molecule has 1 aliphatic heterocycles. The fraction of sp³-hybridized carbons (Fsp3) is 0.467. The normalized spacial score (nSPS) is 18.1. The highest BCUT2D eigenvalue weighted by molar-refractivity contribution is 6.31. The number of aromatic nitrogens is 2. The van der Waals surface area contributed by atoms with E-state index in [1.165, 1.54) is 0 Å². The standard InChI is InChI=1S/C15H19ClN4O/c1-11(21)10-19-4-6-20(7-5-19)14-3-2-12-8-13(16)9-17-15(12)18-14/h2-3,8-9,11,21H,4-7,10H2,1H3/t11-/m0/s1. The summed E-state index contributed by atoms with van der Waals surface area (Å²) in [6.07, 6.45) is 1.35. The molecule has 1 saturated heterocycles. The first-order valence-corrected chi connectivity index (χ1v) is 7.57. The van der Waals surface area contributed by atoms with Crippen LogP contribution in [0.4, 0.5) is 5.82 Å². The highest BCUT2D eigenvalue weighted by Gasteiger charge is 2.19. The van der Waals surface area contributed by atoms with Crippen LogP contribution in [0.15, 0.2) is 24.4 Å². The number of piperazine rings is 1. The molecular formula is C15H19ClN4O. The lowest BCUT2D eigenvalue weighted by Crippen LogP contribution is -2.48. The number of hydrogen-bond acceptors (Lipinski definition) is 5. The molecule has 5 nitrogen and oxygen atoms in total. The van der Waals surface area contributed by atoms with Crippen LogP contribution in [-0.2, 0) is 0 Å². The Morgan fingerprint density at radius 1 is 1.29 bits per heavy atom. The van der Waals surface area contributed by atoms with Crippen LogP contribution in [0.1, 0.15) is 6.92 Å². The van der Waals surface area contributed by atoms with E-state index in [1.54, 1.807) is 6.20 Å². The largest absolute Gasteiger partial charge is 0.392 e. The zero-order chi connectivity index (χ0) is 14.8. The van der Waals surface area contributed by atoms with Gasteiger partial charge < -0.3 is 10.0 Å². The molecule has 0 aromatic carbocycles. The summed E-state index contributed by atoms with van der Waals surface area (Å²) in [7, 11) is 0. The molecule has 3 heterocycles. The Morgan fingerprint density at radius 3 is 2.76 bits per heavy atom. The molecule has 0 unspecified atom stereocenters. The van der Waals surface area contributed by atoms with E-state index in [2.05, 4.69) is 19.8 Å². The average Bonchev–Trinajstić information content (AvgIpc) is 2.47. The number of rotatable bonds is 3. The minimum atomic E-state index is -0.274.